The minimum Gasteiger partial charge on any atom is -0.448 e. The van der Waals surface area contributed by atoms with Gasteiger partial charge in [0.2, 0.25) is 0 Å². The largest absolute Gasteiger partial charge is 0.448 e. The molecular weight excluding hydrogens is 705 g/mol. The number of hydrogen-bond acceptors (Lipinski definition) is 5. The summed E-state index contributed by atoms with van der Waals surface area (Å²) in [6.45, 7) is 1.04. The second-order valence-electron chi connectivity index (χ2n) is 13.4. The van der Waals surface area contributed by atoms with E-state index in [9.17, 15) is 27.6 Å². The van der Waals surface area contributed by atoms with Crippen molar-refractivity contribution < 1.29 is 32.3 Å². The van der Waals surface area contributed by atoms with Gasteiger partial charge in [-0.3, -0.25) is 9.59 Å². The Hall–Kier alpha value is -5.68. The topological polar surface area (TPSA) is 91.8 Å². The Bertz CT molecular complexity index is 2200. The number of nitrogens with zero attached hydrogens (tertiary/aromatic N) is 3. The quantitative estimate of drug-likeness (QED) is 0.194. The highest BCUT2D eigenvalue weighted by Crippen LogP contribution is 2.48. The summed E-state index contributed by atoms with van der Waals surface area (Å²) in [5.74, 6) is -1.40. The summed E-state index contributed by atoms with van der Waals surface area (Å²) in [5.41, 5.74) is 4.47. The Balaban J connectivity index is 1.00. The molecule has 1 saturated heterocycles. The lowest BCUT2D eigenvalue weighted by molar-refractivity contribution is -0.137. The summed E-state index contributed by atoms with van der Waals surface area (Å²) in [5, 5.41) is 2.85. The van der Waals surface area contributed by atoms with E-state index in [0.717, 1.165) is 46.4 Å². The van der Waals surface area contributed by atoms with Crippen LogP contribution < -0.4 is 10.2 Å². The van der Waals surface area contributed by atoms with E-state index in [1.165, 1.54) is 30.5 Å². The summed E-state index contributed by atoms with van der Waals surface area (Å²) in [6.07, 6.45) is -2.54. The molecule has 1 fully saturated rings. The number of ether oxygens (including phenoxy) is 1. The minimum absolute atomic E-state index is 0.0140. The monoisotopic (exact) mass is 736 g/mol. The first-order chi connectivity index (χ1) is 25.6. The molecule has 12 heteroatoms. The van der Waals surface area contributed by atoms with Gasteiger partial charge in [0.15, 0.2) is 0 Å². The number of halogens is 4. The van der Waals surface area contributed by atoms with Crippen molar-refractivity contribution in [3.8, 4) is 11.1 Å². The van der Waals surface area contributed by atoms with E-state index in [-0.39, 0.29) is 41.8 Å². The zero-order valence-electron chi connectivity index (χ0n) is 28.1. The molecule has 53 heavy (non-hydrogen) atoms. The van der Waals surface area contributed by atoms with Crippen LogP contribution >= 0.6 is 11.6 Å². The fourth-order valence-corrected chi connectivity index (χ4v) is 8.14. The molecule has 4 aromatic carbocycles. The molecule has 0 bridgehead atoms. The molecule has 5 aromatic rings. The Kier molecular flexibility index (Phi) is 8.90. The molecule has 3 amide bonds. The maximum Gasteiger partial charge on any atom is 0.417 e. The number of carbonyl (C=O) groups excluding carboxylic acids is 3. The van der Waals surface area contributed by atoms with Crippen LogP contribution in [-0.4, -0.2) is 47.5 Å². The predicted octanol–water partition coefficient (Wildman–Crippen LogP) is 9.37. The Morgan fingerprint density at radius 1 is 0.830 bits per heavy atom. The Labute approximate surface area is 308 Å². The Morgan fingerprint density at radius 2 is 1.51 bits per heavy atom. The van der Waals surface area contributed by atoms with Crippen LogP contribution in [0.5, 0.6) is 0 Å². The number of anilines is 2. The van der Waals surface area contributed by atoms with Crippen LogP contribution in [0.15, 0.2) is 109 Å². The first kappa shape index (κ1) is 34.4. The molecule has 1 unspecified atom stereocenters. The van der Waals surface area contributed by atoms with E-state index in [4.69, 9.17) is 16.3 Å². The van der Waals surface area contributed by atoms with Gasteiger partial charge in [-0.15, -0.1) is 0 Å². The number of alkyl halides is 3. The van der Waals surface area contributed by atoms with Crippen molar-refractivity contribution in [2.45, 2.75) is 31.0 Å². The van der Waals surface area contributed by atoms with Crippen LogP contribution in [0.25, 0.3) is 11.1 Å². The zero-order valence-corrected chi connectivity index (χ0v) is 28.9. The van der Waals surface area contributed by atoms with Crippen LogP contribution in [0.2, 0.25) is 5.02 Å². The van der Waals surface area contributed by atoms with Gasteiger partial charge < -0.3 is 19.9 Å². The minimum atomic E-state index is -4.71. The van der Waals surface area contributed by atoms with Gasteiger partial charge in [-0.05, 0) is 83.5 Å². The number of fused-ring (bicyclic) bond motifs is 6. The number of amides is 3. The van der Waals surface area contributed by atoms with Crippen LogP contribution in [0.3, 0.4) is 0 Å². The van der Waals surface area contributed by atoms with E-state index >= 15 is 0 Å². The number of pyridine rings is 1. The predicted molar refractivity (Wildman–Crippen MR) is 194 cm³/mol. The summed E-state index contributed by atoms with van der Waals surface area (Å²) < 4.78 is 46.5. The van der Waals surface area contributed by atoms with Gasteiger partial charge in [-0.25, -0.2) is 9.78 Å². The number of nitrogens with one attached hydrogen (secondary N) is 1. The normalized spacial score (nSPS) is 17.7. The standard InChI is InChI=1S/C41H32ClF3N4O4/c42-26-14-15-35-32(21-26)37-24(18-20-49(37)40(52)53-23-33-29-9-3-1-7-27(29)28-8-2-4-10-30(28)33)17-19-48(35)39(51)25-13-16-36(46-22-25)47-38(50)31-11-5-6-12-34(31)41(43,44)45/h1-16,21-22,24,33,37H,17-20,23H2,(H,46,47,50)/t24?,37-/m1/s1. The molecule has 2 aliphatic heterocycles. The summed E-state index contributed by atoms with van der Waals surface area (Å²) in [6, 6.07) is 28.5. The average molecular weight is 737 g/mol. The lowest BCUT2D eigenvalue weighted by Crippen LogP contribution is -2.34. The molecule has 1 aromatic heterocycles. The maximum absolute atomic E-state index is 14.0. The number of aromatic nitrogens is 1. The van der Waals surface area contributed by atoms with Crippen molar-refractivity contribution in [2.75, 3.05) is 29.9 Å². The fourth-order valence-electron chi connectivity index (χ4n) is 7.96. The number of likely N-dealkylation sites (tertiary alicyclic amines) is 1. The summed E-state index contributed by atoms with van der Waals surface area (Å²) >= 11 is 6.53. The van der Waals surface area contributed by atoms with Gasteiger partial charge >= 0.3 is 12.3 Å². The number of benzene rings is 4. The van der Waals surface area contributed by atoms with Crippen LogP contribution in [-0.2, 0) is 10.9 Å². The van der Waals surface area contributed by atoms with Crippen molar-refractivity contribution in [2.24, 2.45) is 5.92 Å². The molecular formula is C41H32ClF3N4O4. The van der Waals surface area contributed by atoms with Crippen LogP contribution in [0.4, 0.5) is 29.5 Å². The van der Waals surface area contributed by atoms with Crippen molar-refractivity contribution in [1.82, 2.24) is 9.88 Å². The molecule has 3 heterocycles. The number of carbonyl (C=O) groups is 3. The highest BCUT2D eigenvalue weighted by atomic mass is 35.5. The van der Waals surface area contributed by atoms with Gasteiger partial charge in [0.25, 0.3) is 11.8 Å². The van der Waals surface area contributed by atoms with Crippen molar-refractivity contribution >= 4 is 41.0 Å². The van der Waals surface area contributed by atoms with E-state index in [0.29, 0.717) is 30.2 Å². The smallest absolute Gasteiger partial charge is 0.417 e. The fraction of sp³-hybridized carbons (Fsp3) is 0.220. The summed E-state index contributed by atoms with van der Waals surface area (Å²) in [4.78, 5) is 48.2. The second-order valence-corrected chi connectivity index (χ2v) is 13.8. The van der Waals surface area contributed by atoms with E-state index < -0.39 is 29.3 Å². The second kappa shape index (κ2) is 13.7. The third-order valence-electron chi connectivity index (χ3n) is 10.4. The highest BCUT2D eigenvalue weighted by Gasteiger charge is 2.44. The average Bonchev–Trinajstić information content (AvgIpc) is 3.69. The van der Waals surface area contributed by atoms with Gasteiger partial charge in [0.1, 0.15) is 12.4 Å². The molecule has 8 nitrogen and oxygen atoms in total. The first-order valence-corrected chi connectivity index (χ1v) is 17.6. The van der Waals surface area contributed by atoms with Gasteiger partial charge in [0.05, 0.1) is 22.7 Å². The van der Waals surface area contributed by atoms with Crippen molar-refractivity contribution in [1.29, 1.82) is 0 Å². The third kappa shape index (κ3) is 6.39. The first-order valence-electron chi connectivity index (χ1n) is 17.2. The lowest BCUT2D eigenvalue weighted by atomic mass is 9.92. The molecule has 0 spiro atoms. The molecule has 1 N–H and O–H groups in total. The Morgan fingerprint density at radius 3 is 2.21 bits per heavy atom. The molecule has 0 saturated carbocycles. The molecule has 2 atom stereocenters. The highest BCUT2D eigenvalue weighted by molar-refractivity contribution is 6.30. The van der Waals surface area contributed by atoms with Crippen LogP contribution in [0.1, 0.15) is 67.8 Å². The van der Waals surface area contributed by atoms with E-state index in [1.54, 1.807) is 28.0 Å². The third-order valence-corrected chi connectivity index (χ3v) is 10.6. The van der Waals surface area contributed by atoms with Gasteiger partial charge in [-0.1, -0.05) is 72.3 Å². The van der Waals surface area contributed by atoms with Crippen molar-refractivity contribution in [3.63, 3.8) is 0 Å². The lowest BCUT2D eigenvalue weighted by Gasteiger charge is -2.29. The molecule has 0 radical (unpaired) electrons. The number of rotatable bonds is 5. The summed E-state index contributed by atoms with van der Waals surface area (Å²) in [7, 11) is 0. The molecule has 1 aliphatic carbocycles. The van der Waals surface area contributed by atoms with Crippen LogP contribution in [0, 0.1) is 5.92 Å². The van der Waals surface area contributed by atoms with Gasteiger partial charge in [0, 0.05) is 41.5 Å². The van der Waals surface area contributed by atoms with Crippen molar-refractivity contribution in [3.05, 3.63) is 148 Å². The molecule has 268 valence electrons. The molecule has 3 aliphatic rings. The zero-order chi connectivity index (χ0) is 36.9. The van der Waals surface area contributed by atoms with Gasteiger partial charge in [-0.2, -0.15) is 13.2 Å². The molecule has 8 rings (SSSR count). The maximum atomic E-state index is 14.0. The SMILES string of the molecule is O=C(Nc1ccc(C(=O)N2CCC3CCN(C(=O)OCC4c5ccccc5-c5ccccc54)[C@H]3c3cc(Cl)ccc32)cn1)c1ccccc1C(F)(F)F. The van der Waals surface area contributed by atoms with E-state index in [2.05, 4.69) is 34.6 Å². The van der Waals surface area contributed by atoms with E-state index in [1.807, 2.05) is 24.3 Å². The number of hydrogen-bond donors (Lipinski definition) is 1.